The van der Waals surface area contributed by atoms with E-state index in [9.17, 15) is 0 Å². The molecule has 4 heteroatoms. The van der Waals surface area contributed by atoms with Crippen molar-refractivity contribution < 1.29 is 4.74 Å². The summed E-state index contributed by atoms with van der Waals surface area (Å²) in [7, 11) is 0. The van der Waals surface area contributed by atoms with Gasteiger partial charge in [0.15, 0.2) is 0 Å². The molecule has 96 valence electrons. The highest BCUT2D eigenvalue weighted by Crippen LogP contribution is 2.10. The van der Waals surface area contributed by atoms with E-state index in [2.05, 4.69) is 41.6 Å². The molecule has 1 N–H and O–H groups in total. The number of hydrogen-bond donors (Lipinski definition) is 1. The molecule has 2 heterocycles. The number of hydrogen-bond acceptors (Lipinski definition) is 4. The lowest BCUT2D eigenvalue weighted by molar-refractivity contribution is -0.0674. The third-order valence-corrected chi connectivity index (χ3v) is 3.86. The molecule has 0 spiro atoms. The van der Waals surface area contributed by atoms with Crippen molar-refractivity contribution in [3.63, 3.8) is 0 Å². The van der Waals surface area contributed by atoms with E-state index in [4.69, 9.17) is 4.74 Å². The highest BCUT2D eigenvalue weighted by molar-refractivity contribution is 7.09. The van der Waals surface area contributed by atoms with Crippen molar-refractivity contribution in [3.8, 4) is 0 Å². The number of thiophene rings is 1. The minimum atomic E-state index is 0.371. The zero-order valence-electron chi connectivity index (χ0n) is 10.7. The molecule has 1 aromatic heterocycles. The van der Waals surface area contributed by atoms with Gasteiger partial charge in [0.1, 0.15) is 0 Å². The van der Waals surface area contributed by atoms with Crippen LogP contribution >= 0.6 is 11.3 Å². The predicted octanol–water partition coefficient (Wildman–Crippen LogP) is 1.95. The second-order valence-electron chi connectivity index (χ2n) is 4.77. The van der Waals surface area contributed by atoms with Crippen molar-refractivity contribution in [2.24, 2.45) is 0 Å². The fraction of sp³-hybridized carbons (Fsp3) is 0.692. The standard InChI is InChI=1S/C13H22N2OS/c1-11-9-15(10-12(2)16-11)6-5-14-8-13-4-3-7-17-13/h3-4,7,11-12,14H,5-6,8-10H2,1-2H3. The van der Waals surface area contributed by atoms with Crippen molar-refractivity contribution in [3.05, 3.63) is 22.4 Å². The molecule has 0 aromatic carbocycles. The Balaban J connectivity index is 1.61. The lowest BCUT2D eigenvalue weighted by Gasteiger charge is -2.35. The van der Waals surface area contributed by atoms with E-state index >= 15 is 0 Å². The van der Waals surface area contributed by atoms with Crippen molar-refractivity contribution >= 4 is 11.3 Å². The molecule has 17 heavy (non-hydrogen) atoms. The molecule has 1 saturated heterocycles. The molecule has 0 saturated carbocycles. The smallest absolute Gasteiger partial charge is 0.0678 e. The monoisotopic (exact) mass is 254 g/mol. The van der Waals surface area contributed by atoms with Crippen LogP contribution in [0, 0.1) is 0 Å². The molecule has 1 fully saturated rings. The first kappa shape index (κ1) is 13.0. The molecule has 1 aliphatic heterocycles. The fourth-order valence-corrected chi connectivity index (χ4v) is 3.00. The number of nitrogens with zero attached hydrogens (tertiary/aromatic N) is 1. The zero-order valence-corrected chi connectivity index (χ0v) is 11.5. The van der Waals surface area contributed by atoms with Gasteiger partial charge in [0, 0.05) is 37.6 Å². The Kier molecular flexibility index (Phi) is 4.98. The summed E-state index contributed by atoms with van der Waals surface area (Å²) in [5.74, 6) is 0. The van der Waals surface area contributed by atoms with Crippen molar-refractivity contribution in [2.45, 2.75) is 32.6 Å². The molecule has 1 aliphatic rings. The molecule has 2 atom stereocenters. The van der Waals surface area contributed by atoms with Crippen LogP contribution in [-0.2, 0) is 11.3 Å². The number of rotatable bonds is 5. The summed E-state index contributed by atoms with van der Waals surface area (Å²) < 4.78 is 5.72. The van der Waals surface area contributed by atoms with Crippen LogP contribution in [0.2, 0.25) is 0 Å². The molecule has 0 bridgehead atoms. The average molecular weight is 254 g/mol. The molecule has 2 rings (SSSR count). The van der Waals surface area contributed by atoms with E-state index in [1.54, 1.807) is 0 Å². The van der Waals surface area contributed by atoms with E-state index < -0.39 is 0 Å². The third-order valence-electron chi connectivity index (χ3n) is 2.98. The second-order valence-corrected chi connectivity index (χ2v) is 5.81. The normalized spacial score (nSPS) is 26.2. The second kappa shape index (κ2) is 6.50. The van der Waals surface area contributed by atoms with Crippen LogP contribution < -0.4 is 5.32 Å². The number of ether oxygens (including phenoxy) is 1. The Morgan fingerprint density at radius 3 is 2.82 bits per heavy atom. The number of nitrogens with one attached hydrogen (secondary N) is 1. The summed E-state index contributed by atoms with van der Waals surface area (Å²) in [6.45, 7) is 9.59. The van der Waals surface area contributed by atoms with Crippen LogP contribution in [0.1, 0.15) is 18.7 Å². The van der Waals surface area contributed by atoms with Crippen LogP contribution in [-0.4, -0.2) is 43.3 Å². The van der Waals surface area contributed by atoms with Crippen LogP contribution in [0.3, 0.4) is 0 Å². The summed E-state index contributed by atoms with van der Waals surface area (Å²) in [5, 5.41) is 5.62. The maximum atomic E-state index is 5.72. The van der Waals surface area contributed by atoms with Gasteiger partial charge >= 0.3 is 0 Å². The summed E-state index contributed by atoms with van der Waals surface area (Å²) >= 11 is 1.81. The Labute approximate surface area is 108 Å². The SMILES string of the molecule is CC1CN(CCNCc2cccs2)CC(C)O1. The van der Waals surface area contributed by atoms with Gasteiger partial charge in [-0.2, -0.15) is 0 Å². The van der Waals surface area contributed by atoms with Gasteiger partial charge in [-0.25, -0.2) is 0 Å². The maximum Gasteiger partial charge on any atom is 0.0678 e. The first-order valence-corrected chi connectivity index (χ1v) is 7.23. The molecule has 1 aromatic rings. The quantitative estimate of drug-likeness (QED) is 0.813. The summed E-state index contributed by atoms with van der Waals surface area (Å²) in [6.07, 6.45) is 0.743. The van der Waals surface area contributed by atoms with E-state index in [1.807, 2.05) is 11.3 Å². The largest absolute Gasteiger partial charge is 0.373 e. The molecular formula is C13H22N2OS. The van der Waals surface area contributed by atoms with Crippen LogP contribution in [0.25, 0.3) is 0 Å². The number of morpholine rings is 1. The van der Waals surface area contributed by atoms with Gasteiger partial charge in [-0.05, 0) is 25.3 Å². The van der Waals surface area contributed by atoms with Gasteiger partial charge in [0.2, 0.25) is 0 Å². The molecule has 0 radical (unpaired) electrons. The molecule has 3 nitrogen and oxygen atoms in total. The highest BCUT2D eigenvalue weighted by Gasteiger charge is 2.21. The summed E-state index contributed by atoms with van der Waals surface area (Å²) in [4.78, 5) is 3.90. The van der Waals surface area contributed by atoms with Gasteiger partial charge in [0.05, 0.1) is 12.2 Å². The van der Waals surface area contributed by atoms with E-state index in [1.165, 1.54) is 4.88 Å². The van der Waals surface area contributed by atoms with E-state index in [-0.39, 0.29) is 0 Å². The van der Waals surface area contributed by atoms with Gasteiger partial charge in [0.25, 0.3) is 0 Å². The minimum absolute atomic E-state index is 0.371. The topological polar surface area (TPSA) is 24.5 Å². The minimum Gasteiger partial charge on any atom is -0.373 e. The van der Waals surface area contributed by atoms with Crippen molar-refractivity contribution in [1.29, 1.82) is 0 Å². The Hall–Kier alpha value is -0.420. The van der Waals surface area contributed by atoms with E-state index in [0.717, 1.165) is 32.7 Å². The van der Waals surface area contributed by atoms with Crippen LogP contribution in [0.5, 0.6) is 0 Å². The lowest BCUT2D eigenvalue weighted by atomic mass is 10.2. The van der Waals surface area contributed by atoms with Crippen molar-refractivity contribution in [1.82, 2.24) is 10.2 Å². The predicted molar refractivity (Wildman–Crippen MR) is 72.5 cm³/mol. The average Bonchev–Trinajstić information content (AvgIpc) is 2.76. The first-order valence-electron chi connectivity index (χ1n) is 6.35. The van der Waals surface area contributed by atoms with E-state index in [0.29, 0.717) is 12.2 Å². The first-order chi connectivity index (χ1) is 8.24. The van der Waals surface area contributed by atoms with Gasteiger partial charge in [-0.1, -0.05) is 6.07 Å². The van der Waals surface area contributed by atoms with Gasteiger partial charge in [-0.3, -0.25) is 4.90 Å². The van der Waals surface area contributed by atoms with Gasteiger partial charge < -0.3 is 10.1 Å². The van der Waals surface area contributed by atoms with Crippen molar-refractivity contribution in [2.75, 3.05) is 26.2 Å². The Morgan fingerprint density at radius 2 is 2.18 bits per heavy atom. The maximum absolute atomic E-state index is 5.72. The van der Waals surface area contributed by atoms with Crippen LogP contribution in [0.15, 0.2) is 17.5 Å². The fourth-order valence-electron chi connectivity index (χ4n) is 2.33. The summed E-state index contributed by atoms with van der Waals surface area (Å²) in [6, 6.07) is 4.28. The molecule has 2 unspecified atom stereocenters. The highest BCUT2D eigenvalue weighted by atomic mass is 32.1. The Morgan fingerprint density at radius 1 is 1.41 bits per heavy atom. The van der Waals surface area contributed by atoms with Gasteiger partial charge in [-0.15, -0.1) is 11.3 Å². The summed E-state index contributed by atoms with van der Waals surface area (Å²) in [5.41, 5.74) is 0. The third kappa shape index (κ3) is 4.39. The lowest BCUT2D eigenvalue weighted by Crippen LogP contribution is -2.47. The Bertz CT molecular complexity index is 305. The molecule has 0 amide bonds. The molecular weight excluding hydrogens is 232 g/mol. The van der Waals surface area contributed by atoms with Crippen LogP contribution in [0.4, 0.5) is 0 Å². The molecule has 0 aliphatic carbocycles. The zero-order chi connectivity index (χ0) is 12.1.